The summed E-state index contributed by atoms with van der Waals surface area (Å²) < 4.78 is 1.83. The molecule has 0 saturated heterocycles. The molecule has 3 aromatic heterocycles. The number of anilines is 1. The highest BCUT2D eigenvalue weighted by atomic mass is 32.1. The van der Waals surface area contributed by atoms with E-state index in [4.69, 9.17) is 0 Å². The smallest absolute Gasteiger partial charge is 0.141 e. The van der Waals surface area contributed by atoms with Gasteiger partial charge in [-0.15, -0.1) is 11.3 Å². The number of rotatable bonds is 3. The third-order valence-corrected chi connectivity index (χ3v) is 5.22. The topological polar surface area (TPSA) is 46.8 Å². The number of aromatic nitrogens is 4. The predicted molar refractivity (Wildman–Crippen MR) is 84.8 cm³/mol. The molecule has 0 atom stereocenters. The minimum atomic E-state index is 0.810. The van der Waals surface area contributed by atoms with Crippen molar-refractivity contribution in [2.75, 3.05) is 11.9 Å². The van der Waals surface area contributed by atoms with E-state index in [-0.39, 0.29) is 0 Å². The van der Waals surface area contributed by atoms with Crippen LogP contribution in [0.3, 0.4) is 0 Å². The number of nitrogens with zero attached hydrogens (tertiary/aromatic N) is 5. The first kappa shape index (κ1) is 12.8. The molecule has 0 spiro atoms. The van der Waals surface area contributed by atoms with Crippen molar-refractivity contribution >= 4 is 27.4 Å². The highest BCUT2D eigenvalue weighted by molar-refractivity contribution is 7.19. The van der Waals surface area contributed by atoms with Crippen LogP contribution in [0.15, 0.2) is 18.7 Å². The van der Waals surface area contributed by atoms with Crippen LogP contribution in [0.2, 0.25) is 0 Å². The Morgan fingerprint density at radius 3 is 3.05 bits per heavy atom. The lowest BCUT2D eigenvalue weighted by Gasteiger charge is -2.18. The molecule has 3 heterocycles. The van der Waals surface area contributed by atoms with Crippen LogP contribution >= 0.6 is 11.3 Å². The van der Waals surface area contributed by atoms with Gasteiger partial charge in [0.15, 0.2) is 0 Å². The van der Waals surface area contributed by atoms with Crippen molar-refractivity contribution in [1.82, 2.24) is 19.7 Å². The lowest BCUT2D eigenvalue weighted by atomic mass is 10.2. The summed E-state index contributed by atoms with van der Waals surface area (Å²) in [5, 5.41) is 5.50. The first-order valence-electron chi connectivity index (χ1n) is 7.16. The van der Waals surface area contributed by atoms with Crippen molar-refractivity contribution in [2.45, 2.75) is 25.8 Å². The van der Waals surface area contributed by atoms with Gasteiger partial charge in [0.2, 0.25) is 0 Å². The average Bonchev–Trinajstić information content (AvgIpc) is 3.13. The summed E-state index contributed by atoms with van der Waals surface area (Å²) in [6.45, 7) is 0.810. The van der Waals surface area contributed by atoms with Crippen molar-refractivity contribution in [3.63, 3.8) is 0 Å². The van der Waals surface area contributed by atoms with E-state index in [1.807, 2.05) is 35.5 Å². The van der Waals surface area contributed by atoms with Crippen LogP contribution in [-0.4, -0.2) is 26.8 Å². The van der Waals surface area contributed by atoms with Crippen LogP contribution in [0.1, 0.15) is 22.4 Å². The summed E-state index contributed by atoms with van der Waals surface area (Å²) in [6.07, 6.45) is 9.26. The Kier molecular flexibility index (Phi) is 2.92. The summed E-state index contributed by atoms with van der Waals surface area (Å²) in [7, 11) is 4.03. The first-order chi connectivity index (χ1) is 10.2. The molecule has 1 aliphatic carbocycles. The summed E-state index contributed by atoms with van der Waals surface area (Å²) in [5.74, 6) is 1.04. The van der Waals surface area contributed by atoms with E-state index in [0.717, 1.165) is 23.6 Å². The maximum atomic E-state index is 4.55. The molecule has 1 aliphatic rings. The first-order valence-corrected chi connectivity index (χ1v) is 7.98. The Hall–Kier alpha value is -1.95. The summed E-state index contributed by atoms with van der Waals surface area (Å²) in [6, 6.07) is 0. The van der Waals surface area contributed by atoms with Gasteiger partial charge in [-0.05, 0) is 24.8 Å². The van der Waals surface area contributed by atoms with E-state index in [1.165, 1.54) is 34.2 Å². The van der Waals surface area contributed by atoms with Crippen LogP contribution in [0.5, 0.6) is 0 Å². The molecular formula is C15H17N5S. The number of hydrogen-bond acceptors (Lipinski definition) is 5. The van der Waals surface area contributed by atoms with Gasteiger partial charge in [0.1, 0.15) is 17.0 Å². The Bertz CT molecular complexity index is 804. The molecule has 3 aromatic rings. The molecular weight excluding hydrogens is 282 g/mol. The molecule has 0 radical (unpaired) electrons. The van der Waals surface area contributed by atoms with Crippen LogP contribution in [0.25, 0.3) is 10.2 Å². The maximum absolute atomic E-state index is 4.55. The maximum Gasteiger partial charge on any atom is 0.141 e. The normalized spacial score (nSPS) is 13.8. The van der Waals surface area contributed by atoms with Gasteiger partial charge in [0.25, 0.3) is 0 Å². The van der Waals surface area contributed by atoms with Crippen LogP contribution in [0.4, 0.5) is 5.82 Å². The molecule has 21 heavy (non-hydrogen) atoms. The Morgan fingerprint density at radius 2 is 2.24 bits per heavy atom. The molecule has 0 saturated carbocycles. The van der Waals surface area contributed by atoms with Gasteiger partial charge >= 0.3 is 0 Å². The Balaban J connectivity index is 1.75. The highest BCUT2D eigenvalue weighted by Crippen LogP contribution is 2.40. The fraction of sp³-hybridized carbons (Fsp3) is 0.400. The van der Waals surface area contributed by atoms with Gasteiger partial charge in [0.05, 0.1) is 11.6 Å². The zero-order valence-electron chi connectivity index (χ0n) is 12.2. The minimum Gasteiger partial charge on any atom is -0.355 e. The number of aryl methyl sites for hydroxylation is 3. The fourth-order valence-electron chi connectivity index (χ4n) is 3.10. The van der Waals surface area contributed by atoms with E-state index in [0.29, 0.717) is 0 Å². The van der Waals surface area contributed by atoms with E-state index in [9.17, 15) is 0 Å². The molecule has 6 heteroatoms. The van der Waals surface area contributed by atoms with Crippen molar-refractivity contribution in [1.29, 1.82) is 0 Å². The van der Waals surface area contributed by atoms with E-state index >= 15 is 0 Å². The molecule has 0 unspecified atom stereocenters. The minimum absolute atomic E-state index is 0.810. The fourth-order valence-corrected chi connectivity index (χ4v) is 4.33. The Labute approximate surface area is 127 Å². The molecule has 0 fully saturated rings. The second-order valence-corrected chi connectivity index (χ2v) is 6.70. The lowest BCUT2D eigenvalue weighted by Crippen LogP contribution is -2.18. The number of hydrogen-bond donors (Lipinski definition) is 0. The largest absolute Gasteiger partial charge is 0.355 e. The third kappa shape index (κ3) is 2.10. The number of fused-ring (bicyclic) bond motifs is 3. The quantitative estimate of drug-likeness (QED) is 0.745. The molecule has 5 nitrogen and oxygen atoms in total. The molecule has 0 aromatic carbocycles. The highest BCUT2D eigenvalue weighted by Gasteiger charge is 2.22. The van der Waals surface area contributed by atoms with Crippen molar-refractivity contribution in [2.24, 2.45) is 7.05 Å². The molecule has 0 amide bonds. The average molecular weight is 299 g/mol. The van der Waals surface area contributed by atoms with E-state index in [1.54, 1.807) is 6.33 Å². The zero-order valence-corrected chi connectivity index (χ0v) is 13.0. The van der Waals surface area contributed by atoms with Gasteiger partial charge in [-0.1, -0.05) is 0 Å². The molecule has 108 valence electrons. The predicted octanol–water partition coefficient (Wildman–Crippen LogP) is 2.55. The van der Waals surface area contributed by atoms with Crippen LogP contribution in [0, 0.1) is 0 Å². The Morgan fingerprint density at radius 1 is 1.33 bits per heavy atom. The standard InChI is InChI=1S/C15H17N5S/c1-19(7-10-6-18-20(2)8-10)14-13-11-4-3-5-12(11)21-15(13)17-9-16-14/h6,8-9H,3-5,7H2,1-2H3. The molecule has 0 bridgehead atoms. The second-order valence-electron chi connectivity index (χ2n) is 5.61. The molecule has 0 aliphatic heterocycles. The zero-order chi connectivity index (χ0) is 14.4. The van der Waals surface area contributed by atoms with Crippen molar-refractivity contribution in [3.05, 3.63) is 34.7 Å². The SMILES string of the molecule is CN(Cc1cnn(C)c1)c1ncnc2sc3c(c12)CCC3. The monoisotopic (exact) mass is 299 g/mol. The van der Waals surface area contributed by atoms with Gasteiger partial charge in [-0.25, -0.2) is 9.97 Å². The van der Waals surface area contributed by atoms with E-state index in [2.05, 4.69) is 27.0 Å². The van der Waals surface area contributed by atoms with E-state index < -0.39 is 0 Å². The van der Waals surface area contributed by atoms with Gasteiger partial charge < -0.3 is 4.90 Å². The summed E-state index contributed by atoms with van der Waals surface area (Å²) in [4.78, 5) is 13.8. The summed E-state index contributed by atoms with van der Waals surface area (Å²) >= 11 is 1.83. The number of thiophene rings is 1. The van der Waals surface area contributed by atoms with Crippen LogP contribution in [-0.2, 0) is 26.4 Å². The third-order valence-electron chi connectivity index (χ3n) is 4.02. The van der Waals surface area contributed by atoms with Gasteiger partial charge in [-0.3, -0.25) is 4.68 Å². The second kappa shape index (κ2) is 4.80. The van der Waals surface area contributed by atoms with Crippen molar-refractivity contribution < 1.29 is 0 Å². The molecule has 0 N–H and O–H groups in total. The van der Waals surface area contributed by atoms with Gasteiger partial charge in [-0.2, -0.15) is 5.10 Å². The van der Waals surface area contributed by atoms with Crippen molar-refractivity contribution in [3.8, 4) is 0 Å². The van der Waals surface area contributed by atoms with Gasteiger partial charge in [0, 0.05) is 37.3 Å². The summed E-state index contributed by atoms with van der Waals surface area (Å²) in [5.41, 5.74) is 2.67. The molecule has 4 rings (SSSR count). The lowest BCUT2D eigenvalue weighted by molar-refractivity contribution is 0.766. The van der Waals surface area contributed by atoms with Crippen LogP contribution < -0.4 is 4.90 Å².